The number of benzene rings is 1. The van der Waals surface area contributed by atoms with Gasteiger partial charge in [0.2, 0.25) is 0 Å². The number of anilines is 1. The Morgan fingerprint density at radius 3 is 2.71 bits per heavy atom. The van der Waals surface area contributed by atoms with Crippen molar-refractivity contribution in [2.45, 2.75) is 20.8 Å². The Balaban J connectivity index is 1.61. The SMILES string of the molecule is Cc1cc(C)c(OCC(=O)Nc2nc(-c3ccc[nH]3)cs2)c(C)c1. The molecule has 0 saturated heterocycles. The van der Waals surface area contributed by atoms with Crippen LogP contribution in [0.4, 0.5) is 5.13 Å². The lowest BCUT2D eigenvalue weighted by atomic mass is 10.1. The third-order valence-electron chi connectivity index (χ3n) is 3.58. The standard InChI is InChI=1S/C18H19N3O2S/c1-11-7-12(2)17(13(3)8-11)23-9-16(22)21-18-20-15(10-24-18)14-5-4-6-19-14/h4-8,10,19H,9H2,1-3H3,(H,20,21,22). The van der Waals surface area contributed by atoms with Crippen molar-refractivity contribution >= 4 is 22.4 Å². The molecule has 0 radical (unpaired) electrons. The first-order valence-electron chi connectivity index (χ1n) is 7.62. The van der Waals surface area contributed by atoms with Gasteiger partial charge in [-0.1, -0.05) is 17.7 Å². The summed E-state index contributed by atoms with van der Waals surface area (Å²) in [6.45, 7) is 5.97. The van der Waals surface area contributed by atoms with Crippen LogP contribution in [-0.4, -0.2) is 22.5 Å². The summed E-state index contributed by atoms with van der Waals surface area (Å²) < 4.78 is 5.69. The zero-order valence-electron chi connectivity index (χ0n) is 13.8. The van der Waals surface area contributed by atoms with Crippen LogP contribution >= 0.6 is 11.3 Å². The quantitative estimate of drug-likeness (QED) is 0.735. The number of nitrogens with zero attached hydrogens (tertiary/aromatic N) is 1. The van der Waals surface area contributed by atoms with Crippen LogP contribution in [0.1, 0.15) is 16.7 Å². The molecular weight excluding hydrogens is 322 g/mol. The Morgan fingerprint density at radius 1 is 1.29 bits per heavy atom. The summed E-state index contributed by atoms with van der Waals surface area (Å²) in [5, 5.41) is 5.23. The number of ether oxygens (including phenoxy) is 1. The monoisotopic (exact) mass is 341 g/mol. The van der Waals surface area contributed by atoms with Gasteiger partial charge < -0.3 is 9.72 Å². The molecule has 6 heteroatoms. The summed E-state index contributed by atoms with van der Waals surface area (Å²) in [6, 6.07) is 7.94. The number of aryl methyl sites for hydroxylation is 3. The predicted octanol–water partition coefficient (Wildman–Crippen LogP) is 4.08. The minimum atomic E-state index is -0.221. The molecule has 0 unspecified atom stereocenters. The van der Waals surface area contributed by atoms with E-state index in [0.717, 1.165) is 28.3 Å². The van der Waals surface area contributed by atoms with Crippen LogP contribution in [0.2, 0.25) is 0 Å². The van der Waals surface area contributed by atoms with Gasteiger partial charge in [0, 0.05) is 11.6 Å². The van der Waals surface area contributed by atoms with Gasteiger partial charge in [0.25, 0.3) is 5.91 Å². The van der Waals surface area contributed by atoms with Crippen LogP contribution in [0.15, 0.2) is 35.8 Å². The molecule has 0 aliphatic carbocycles. The summed E-state index contributed by atoms with van der Waals surface area (Å²) >= 11 is 1.39. The highest BCUT2D eigenvalue weighted by Gasteiger charge is 2.11. The summed E-state index contributed by atoms with van der Waals surface area (Å²) in [4.78, 5) is 19.6. The largest absolute Gasteiger partial charge is 0.483 e. The topological polar surface area (TPSA) is 67.0 Å². The molecular formula is C18H19N3O2S. The second-order valence-corrected chi connectivity index (χ2v) is 6.54. The Morgan fingerprint density at radius 2 is 2.04 bits per heavy atom. The average Bonchev–Trinajstić information content (AvgIpc) is 3.16. The highest BCUT2D eigenvalue weighted by Crippen LogP contribution is 2.25. The van der Waals surface area contributed by atoms with Crippen molar-refractivity contribution in [2.75, 3.05) is 11.9 Å². The summed E-state index contributed by atoms with van der Waals surface area (Å²) in [7, 11) is 0. The van der Waals surface area contributed by atoms with Gasteiger partial charge in [-0.3, -0.25) is 10.1 Å². The maximum absolute atomic E-state index is 12.1. The van der Waals surface area contributed by atoms with E-state index in [9.17, 15) is 4.79 Å². The van der Waals surface area contributed by atoms with Crippen molar-refractivity contribution in [3.05, 3.63) is 52.5 Å². The number of amides is 1. The molecule has 2 heterocycles. The van der Waals surface area contributed by atoms with Gasteiger partial charge in [-0.25, -0.2) is 4.98 Å². The maximum Gasteiger partial charge on any atom is 0.264 e. The second-order valence-electron chi connectivity index (χ2n) is 5.69. The number of rotatable bonds is 5. The van der Waals surface area contributed by atoms with E-state index in [1.54, 1.807) is 0 Å². The molecule has 2 aromatic heterocycles. The zero-order chi connectivity index (χ0) is 17.1. The number of hydrogen-bond donors (Lipinski definition) is 2. The van der Waals surface area contributed by atoms with E-state index < -0.39 is 0 Å². The lowest BCUT2D eigenvalue weighted by Gasteiger charge is -2.12. The van der Waals surface area contributed by atoms with Gasteiger partial charge in [-0.15, -0.1) is 11.3 Å². The van der Waals surface area contributed by atoms with Gasteiger partial charge in [0.15, 0.2) is 11.7 Å². The molecule has 0 aliphatic heterocycles. The predicted molar refractivity (Wildman–Crippen MR) is 96.7 cm³/mol. The third kappa shape index (κ3) is 3.65. The van der Waals surface area contributed by atoms with Gasteiger partial charge in [0.1, 0.15) is 5.75 Å². The van der Waals surface area contributed by atoms with Crippen LogP contribution in [0.3, 0.4) is 0 Å². The molecule has 0 saturated carbocycles. The van der Waals surface area contributed by atoms with Crippen molar-refractivity contribution in [1.82, 2.24) is 9.97 Å². The highest BCUT2D eigenvalue weighted by molar-refractivity contribution is 7.14. The van der Waals surface area contributed by atoms with E-state index in [1.807, 2.05) is 56.6 Å². The smallest absolute Gasteiger partial charge is 0.264 e. The normalized spacial score (nSPS) is 10.6. The van der Waals surface area contributed by atoms with Crippen molar-refractivity contribution < 1.29 is 9.53 Å². The molecule has 0 spiro atoms. The maximum atomic E-state index is 12.1. The minimum absolute atomic E-state index is 0.0395. The number of H-pyrrole nitrogens is 1. The van der Waals surface area contributed by atoms with E-state index in [0.29, 0.717) is 5.13 Å². The fourth-order valence-electron chi connectivity index (χ4n) is 2.63. The van der Waals surface area contributed by atoms with Gasteiger partial charge in [-0.05, 0) is 44.0 Å². The van der Waals surface area contributed by atoms with Crippen LogP contribution in [0.25, 0.3) is 11.4 Å². The molecule has 0 fully saturated rings. The molecule has 1 aromatic carbocycles. The number of aromatic amines is 1. The highest BCUT2D eigenvalue weighted by atomic mass is 32.1. The van der Waals surface area contributed by atoms with Crippen LogP contribution in [-0.2, 0) is 4.79 Å². The molecule has 3 aromatic rings. The zero-order valence-corrected chi connectivity index (χ0v) is 14.7. The summed E-state index contributed by atoms with van der Waals surface area (Å²) in [5.41, 5.74) is 4.98. The van der Waals surface area contributed by atoms with E-state index in [1.165, 1.54) is 16.9 Å². The molecule has 0 aliphatic rings. The molecule has 0 atom stereocenters. The Hall–Kier alpha value is -2.60. The van der Waals surface area contributed by atoms with Crippen molar-refractivity contribution in [3.8, 4) is 17.1 Å². The molecule has 3 rings (SSSR count). The lowest BCUT2D eigenvalue weighted by Crippen LogP contribution is -2.20. The van der Waals surface area contributed by atoms with E-state index >= 15 is 0 Å². The first kappa shape index (κ1) is 16.3. The fourth-order valence-corrected chi connectivity index (χ4v) is 3.36. The lowest BCUT2D eigenvalue weighted by molar-refractivity contribution is -0.118. The van der Waals surface area contributed by atoms with Crippen LogP contribution in [0.5, 0.6) is 5.75 Å². The number of carbonyl (C=O) groups excluding carboxylic acids is 1. The van der Waals surface area contributed by atoms with Crippen molar-refractivity contribution in [2.24, 2.45) is 0 Å². The van der Waals surface area contributed by atoms with Gasteiger partial charge >= 0.3 is 0 Å². The molecule has 124 valence electrons. The summed E-state index contributed by atoms with van der Waals surface area (Å²) in [6.07, 6.45) is 1.84. The molecule has 5 nitrogen and oxygen atoms in total. The van der Waals surface area contributed by atoms with Gasteiger partial charge in [-0.2, -0.15) is 0 Å². The first-order chi connectivity index (χ1) is 11.5. The number of hydrogen-bond acceptors (Lipinski definition) is 4. The molecule has 24 heavy (non-hydrogen) atoms. The van der Waals surface area contributed by atoms with Crippen molar-refractivity contribution in [1.29, 1.82) is 0 Å². The minimum Gasteiger partial charge on any atom is -0.483 e. The summed E-state index contributed by atoms with van der Waals surface area (Å²) in [5.74, 6) is 0.545. The fraction of sp³-hybridized carbons (Fsp3) is 0.222. The van der Waals surface area contributed by atoms with E-state index in [2.05, 4.69) is 15.3 Å². The number of carbonyl (C=O) groups is 1. The molecule has 0 bridgehead atoms. The number of thiazole rings is 1. The Kier molecular flexibility index (Phi) is 4.66. The van der Waals surface area contributed by atoms with E-state index in [-0.39, 0.29) is 12.5 Å². The van der Waals surface area contributed by atoms with Crippen LogP contribution < -0.4 is 10.1 Å². The molecule has 1 amide bonds. The van der Waals surface area contributed by atoms with Crippen LogP contribution in [0, 0.1) is 20.8 Å². The van der Waals surface area contributed by atoms with Gasteiger partial charge in [0.05, 0.1) is 11.4 Å². The third-order valence-corrected chi connectivity index (χ3v) is 4.33. The van der Waals surface area contributed by atoms with Crippen molar-refractivity contribution in [3.63, 3.8) is 0 Å². The number of nitrogens with one attached hydrogen (secondary N) is 2. The second kappa shape index (κ2) is 6.88. The van der Waals surface area contributed by atoms with E-state index in [4.69, 9.17) is 4.74 Å². The first-order valence-corrected chi connectivity index (χ1v) is 8.50. The molecule has 2 N–H and O–H groups in total. The Bertz CT molecular complexity index is 830. The Labute approximate surface area is 144 Å². The average molecular weight is 341 g/mol. The number of aromatic nitrogens is 2.